The Bertz CT molecular complexity index is 734. The molecule has 0 aliphatic rings. The number of anilines is 1. The van der Waals surface area contributed by atoms with Crippen LogP contribution in [0.4, 0.5) is 10.1 Å². The van der Waals surface area contributed by atoms with E-state index in [0.29, 0.717) is 11.7 Å². The first-order chi connectivity index (χ1) is 11.9. The number of nitrogens with zero attached hydrogens (tertiary/aromatic N) is 1. The smallest absolute Gasteiger partial charge is 0.264 e. The fourth-order valence-corrected chi connectivity index (χ4v) is 4.57. The fraction of sp³-hybridized carbons (Fsp3) is 0.368. The molecule has 0 saturated heterocycles. The first-order valence-corrected chi connectivity index (χ1v) is 10.0. The third kappa shape index (κ3) is 4.49. The van der Waals surface area contributed by atoms with Crippen LogP contribution in [-0.2, 0) is 9.09 Å². The number of hydrogen-bond donors (Lipinski definition) is 1. The van der Waals surface area contributed by atoms with Gasteiger partial charge in [0.15, 0.2) is 5.85 Å². The molecule has 0 fully saturated rings. The minimum Gasteiger partial charge on any atom is -0.378 e. The van der Waals surface area contributed by atoms with Gasteiger partial charge in [-0.3, -0.25) is 4.57 Å². The third-order valence-corrected chi connectivity index (χ3v) is 6.52. The van der Waals surface area contributed by atoms with Gasteiger partial charge in [0, 0.05) is 30.7 Å². The largest absolute Gasteiger partial charge is 0.378 e. The van der Waals surface area contributed by atoms with E-state index in [4.69, 9.17) is 4.52 Å². The summed E-state index contributed by atoms with van der Waals surface area (Å²) in [5.74, 6) is -2.14. The average molecular weight is 365 g/mol. The molecule has 0 radical (unpaired) electrons. The lowest BCUT2D eigenvalue weighted by molar-refractivity contribution is 0.209. The van der Waals surface area contributed by atoms with Crippen molar-refractivity contribution < 1.29 is 18.6 Å². The molecule has 136 valence electrons. The molecule has 2 aromatic rings. The van der Waals surface area contributed by atoms with Gasteiger partial charge in [0.1, 0.15) is 5.82 Å². The first-order valence-electron chi connectivity index (χ1n) is 8.35. The SMILES string of the molecule is CCCCO[P@](=O)(c1ccc(N(C)C)cc1)[C@@H](O)c1ccccc1F. The molecule has 2 aromatic carbocycles. The Kier molecular flexibility index (Phi) is 6.77. The molecule has 0 saturated carbocycles. The van der Waals surface area contributed by atoms with E-state index in [1.165, 1.54) is 18.2 Å². The van der Waals surface area contributed by atoms with E-state index in [2.05, 4.69) is 0 Å². The molecule has 2 rings (SSSR count). The molecule has 0 aliphatic carbocycles. The molecule has 0 aliphatic heterocycles. The second-order valence-corrected chi connectivity index (χ2v) is 8.55. The summed E-state index contributed by atoms with van der Waals surface area (Å²) in [7, 11) is 0.112. The van der Waals surface area contributed by atoms with Crippen LogP contribution in [0, 0.1) is 5.82 Å². The van der Waals surface area contributed by atoms with Crippen molar-refractivity contribution in [1.82, 2.24) is 0 Å². The quantitative estimate of drug-likeness (QED) is 0.560. The Morgan fingerprint density at radius 1 is 1.16 bits per heavy atom. The molecule has 0 unspecified atom stereocenters. The van der Waals surface area contributed by atoms with Crippen molar-refractivity contribution >= 4 is 18.4 Å². The van der Waals surface area contributed by atoms with Crippen LogP contribution < -0.4 is 10.2 Å². The highest BCUT2D eigenvalue weighted by Gasteiger charge is 2.37. The van der Waals surface area contributed by atoms with Crippen molar-refractivity contribution in [3.05, 3.63) is 59.9 Å². The van der Waals surface area contributed by atoms with Gasteiger partial charge in [-0.25, -0.2) is 4.39 Å². The molecule has 0 heterocycles. The van der Waals surface area contributed by atoms with Crippen molar-refractivity contribution in [2.24, 2.45) is 0 Å². The zero-order chi connectivity index (χ0) is 18.4. The maximum Gasteiger partial charge on any atom is 0.264 e. The Balaban J connectivity index is 2.42. The number of benzene rings is 2. The number of aliphatic hydroxyl groups excluding tert-OH is 1. The number of unbranched alkanes of at least 4 members (excludes halogenated alkanes) is 1. The number of hydrogen-bond acceptors (Lipinski definition) is 4. The van der Waals surface area contributed by atoms with Crippen LogP contribution >= 0.6 is 7.37 Å². The second kappa shape index (κ2) is 8.61. The van der Waals surface area contributed by atoms with Crippen LogP contribution in [0.3, 0.4) is 0 Å². The molecule has 0 amide bonds. The van der Waals surface area contributed by atoms with Crippen molar-refractivity contribution in [1.29, 1.82) is 0 Å². The molecular weight excluding hydrogens is 340 g/mol. The third-order valence-electron chi connectivity index (χ3n) is 4.01. The monoisotopic (exact) mass is 365 g/mol. The number of halogens is 1. The lowest BCUT2D eigenvalue weighted by Crippen LogP contribution is -2.17. The van der Waals surface area contributed by atoms with Gasteiger partial charge >= 0.3 is 0 Å². The number of rotatable bonds is 8. The minimum atomic E-state index is -3.69. The summed E-state index contributed by atoms with van der Waals surface area (Å²) in [4.78, 5) is 1.92. The molecule has 2 atom stereocenters. The molecular formula is C19H25FNO3P. The number of aliphatic hydroxyl groups is 1. The fourth-order valence-electron chi connectivity index (χ4n) is 2.46. The Morgan fingerprint density at radius 3 is 2.36 bits per heavy atom. The Hall–Kier alpha value is -1.68. The summed E-state index contributed by atoms with van der Waals surface area (Å²) >= 11 is 0. The Labute approximate surface area is 148 Å². The van der Waals surface area contributed by atoms with Crippen LogP contribution in [0.1, 0.15) is 31.2 Å². The topological polar surface area (TPSA) is 49.8 Å². The van der Waals surface area contributed by atoms with Gasteiger partial charge in [-0.1, -0.05) is 31.5 Å². The van der Waals surface area contributed by atoms with Gasteiger partial charge in [-0.05, 0) is 36.8 Å². The van der Waals surface area contributed by atoms with Crippen LogP contribution in [0.15, 0.2) is 48.5 Å². The molecule has 0 spiro atoms. The summed E-state index contributed by atoms with van der Waals surface area (Å²) in [6, 6.07) is 12.8. The maximum absolute atomic E-state index is 14.1. The van der Waals surface area contributed by atoms with Crippen molar-refractivity contribution in [3.63, 3.8) is 0 Å². The lowest BCUT2D eigenvalue weighted by Gasteiger charge is -2.25. The predicted molar refractivity (Wildman–Crippen MR) is 100 cm³/mol. The first kappa shape index (κ1) is 19.6. The normalized spacial score (nSPS) is 14.8. The summed E-state index contributed by atoms with van der Waals surface area (Å²) in [6.07, 6.45) is 1.58. The van der Waals surface area contributed by atoms with Crippen LogP contribution in [0.2, 0.25) is 0 Å². The van der Waals surface area contributed by atoms with Crippen molar-refractivity contribution in [3.8, 4) is 0 Å². The van der Waals surface area contributed by atoms with Gasteiger partial charge in [0.25, 0.3) is 7.37 Å². The zero-order valence-electron chi connectivity index (χ0n) is 14.9. The summed E-state index contributed by atoms with van der Waals surface area (Å²) < 4.78 is 33.3. The molecule has 1 N–H and O–H groups in total. The van der Waals surface area contributed by atoms with E-state index >= 15 is 0 Å². The van der Waals surface area contributed by atoms with E-state index in [1.807, 2.05) is 25.9 Å². The second-order valence-electron chi connectivity index (χ2n) is 6.09. The van der Waals surface area contributed by atoms with E-state index < -0.39 is 19.0 Å². The van der Waals surface area contributed by atoms with Gasteiger partial charge in [0.2, 0.25) is 0 Å². The van der Waals surface area contributed by atoms with Gasteiger partial charge in [-0.15, -0.1) is 0 Å². The van der Waals surface area contributed by atoms with Crippen molar-refractivity contribution in [2.45, 2.75) is 25.6 Å². The highest BCUT2D eigenvalue weighted by atomic mass is 31.2. The summed E-state index contributed by atoms with van der Waals surface area (Å²) in [5, 5.41) is 11.1. The molecule has 0 aromatic heterocycles. The molecule has 4 nitrogen and oxygen atoms in total. The van der Waals surface area contributed by atoms with Crippen LogP contribution in [-0.4, -0.2) is 25.8 Å². The highest BCUT2D eigenvalue weighted by Crippen LogP contribution is 2.58. The zero-order valence-corrected chi connectivity index (χ0v) is 15.7. The van der Waals surface area contributed by atoms with Crippen LogP contribution in [0.5, 0.6) is 0 Å². The standard InChI is InChI=1S/C19H25FNO3P/c1-4-5-14-24-25(23,16-12-10-15(11-13-16)21(2)3)19(22)17-8-6-7-9-18(17)20/h6-13,19,22H,4-5,14H2,1-3H3/t19-,25-/m1/s1. The van der Waals surface area contributed by atoms with Gasteiger partial charge in [0.05, 0.1) is 6.61 Å². The highest BCUT2D eigenvalue weighted by molar-refractivity contribution is 7.67. The van der Waals surface area contributed by atoms with Crippen LogP contribution in [0.25, 0.3) is 0 Å². The van der Waals surface area contributed by atoms with E-state index in [0.717, 1.165) is 12.1 Å². The maximum atomic E-state index is 14.1. The molecule has 0 bridgehead atoms. The van der Waals surface area contributed by atoms with Crippen molar-refractivity contribution in [2.75, 3.05) is 25.6 Å². The summed E-state index contributed by atoms with van der Waals surface area (Å²) in [6.45, 7) is 2.24. The predicted octanol–water partition coefficient (Wildman–Crippen LogP) is 4.30. The minimum absolute atomic E-state index is 0.0148. The summed E-state index contributed by atoms with van der Waals surface area (Å²) in [5.41, 5.74) is 0.920. The molecule has 6 heteroatoms. The molecule has 25 heavy (non-hydrogen) atoms. The van der Waals surface area contributed by atoms with E-state index in [9.17, 15) is 14.1 Å². The lowest BCUT2D eigenvalue weighted by atomic mass is 10.2. The van der Waals surface area contributed by atoms with E-state index in [1.54, 1.807) is 30.3 Å². The van der Waals surface area contributed by atoms with Gasteiger partial charge < -0.3 is 14.5 Å². The Morgan fingerprint density at radius 2 is 1.80 bits per heavy atom. The van der Waals surface area contributed by atoms with Gasteiger partial charge in [-0.2, -0.15) is 0 Å². The average Bonchev–Trinajstić information content (AvgIpc) is 2.61. The van der Waals surface area contributed by atoms with E-state index in [-0.39, 0.29) is 12.2 Å².